The van der Waals surface area contributed by atoms with Crippen molar-refractivity contribution in [1.82, 2.24) is 19.8 Å². The molecule has 26 heavy (non-hydrogen) atoms. The van der Waals surface area contributed by atoms with Gasteiger partial charge in [-0.15, -0.1) is 0 Å². The van der Waals surface area contributed by atoms with Crippen molar-refractivity contribution in [3.63, 3.8) is 0 Å². The fourth-order valence-corrected chi connectivity index (χ4v) is 3.60. The van der Waals surface area contributed by atoms with Crippen molar-refractivity contribution in [3.05, 3.63) is 42.5 Å². The zero-order valence-electron chi connectivity index (χ0n) is 14.7. The summed E-state index contributed by atoms with van der Waals surface area (Å²) in [5, 5.41) is 6.19. The highest BCUT2D eigenvalue weighted by atomic mass is 16.2. The summed E-state index contributed by atoms with van der Waals surface area (Å²) in [6, 6.07) is 7.43. The highest BCUT2D eigenvalue weighted by molar-refractivity contribution is 6.10. The third-order valence-corrected chi connectivity index (χ3v) is 4.92. The molecule has 2 amide bonds. The molecular weight excluding hydrogens is 332 g/mol. The van der Waals surface area contributed by atoms with Gasteiger partial charge >= 0.3 is 0 Å². The van der Waals surface area contributed by atoms with Crippen LogP contribution in [0.2, 0.25) is 0 Å². The molecule has 0 radical (unpaired) electrons. The van der Waals surface area contributed by atoms with Crippen LogP contribution >= 0.6 is 0 Å². The Balaban J connectivity index is 1.55. The molecule has 8 heteroatoms. The Hall–Kier alpha value is -2.71. The minimum Gasteiger partial charge on any atom is -0.337 e. The molecule has 2 aliphatic heterocycles. The lowest BCUT2D eigenvalue weighted by Crippen LogP contribution is -2.52. The molecule has 2 aliphatic rings. The Bertz CT molecular complexity index is 833. The molecule has 0 saturated carbocycles. The number of imidazole rings is 1. The number of para-hydroxylation sites is 2. The van der Waals surface area contributed by atoms with Gasteiger partial charge in [0.1, 0.15) is 12.4 Å². The number of carbonyl (C=O) groups is 2. The summed E-state index contributed by atoms with van der Waals surface area (Å²) in [6.07, 6.45) is 3.68. The molecule has 1 aromatic heterocycles. The zero-order chi connectivity index (χ0) is 18.1. The fourth-order valence-electron chi connectivity index (χ4n) is 3.60. The van der Waals surface area contributed by atoms with Gasteiger partial charge in [0.2, 0.25) is 11.8 Å². The third kappa shape index (κ3) is 3.09. The molecule has 1 fully saturated rings. The maximum atomic E-state index is 13.0. The molecule has 0 spiro atoms. The first kappa shape index (κ1) is 16.7. The van der Waals surface area contributed by atoms with Crippen LogP contribution in [0.5, 0.6) is 0 Å². The van der Waals surface area contributed by atoms with E-state index in [1.54, 1.807) is 11.1 Å². The summed E-state index contributed by atoms with van der Waals surface area (Å²) in [5.41, 5.74) is 1.43. The number of nitrogens with zero attached hydrogens (tertiary/aromatic N) is 4. The molecule has 0 bridgehead atoms. The number of aryl methyl sites for hydroxylation is 1. The second-order valence-electron chi connectivity index (χ2n) is 6.63. The van der Waals surface area contributed by atoms with Crippen LogP contribution in [0.1, 0.15) is 11.9 Å². The number of aromatic nitrogens is 2. The van der Waals surface area contributed by atoms with E-state index in [0.29, 0.717) is 5.69 Å². The van der Waals surface area contributed by atoms with Gasteiger partial charge in [-0.1, -0.05) is 12.1 Å². The van der Waals surface area contributed by atoms with E-state index < -0.39 is 0 Å². The van der Waals surface area contributed by atoms with E-state index in [1.165, 1.54) is 0 Å². The molecule has 1 aromatic carbocycles. The third-order valence-electron chi connectivity index (χ3n) is 4.92. The second-order valence-corrected chi connectivity index (χ2v) is 6.63. The highest BCUT2D eigenvalue weighted by Gasteiger charge is 2.32. The van der Waals surface area contributed by atoms with Crippen LogP contribution in [-0.2, 0) is 16.6 Å². The minimum absolute atomic E-state index is 0.0292. The molecule has 0 aliphatic carbocycles. The number of rotatable bonds is 3. The number of hydrogen-bond acceptors (Lipinski definition) is 5. The van der Waals surface area contributed by atoms with Crippen LogP contribution in [0.3, 0.4) is 0 Å². The van der Waals surface area contributed by atoms with Crippen molar-refractivity contribution < 1.29 is 9.59 Å². The van der Waals surface area contributed by atoms with E-state index >= 15 is 0 Å². The first-order valence-electron chi connectivity index (χ1n) is 8.74. The Labute approximate surface area is 151 Å². The minimum atomic E-state index is -0.169. The average molecular weight is 354 g/mol. The van der Waals surface area contributed by atoms with Gasteiger partial charge in [0.15, 0.2) is 0 Å². The molecule has 1 atom stereocenters. The van der Waals surface area contributed by atoms with Crippen molar-refractivity contribution >= 4 is 23.2 Å². The van der Waals surface area contributed by atoms with Crippen molar-refractivity contribution in [1.29, 1.82) is 0 Å². The van der Waals surface area contributed by atoms with Crippen molar-refractivity contribution in [2.45, 2.75) is 6.04 Å². The smallest absolute Gasteiger partial charge is 0.244 e. The Morgan fingerprint density at radius 1 is 1.35 bits per heavy atom. The molecular formula is C18H22N6O2. The lowest BCUT2D eigenvalue weighted by molar-refractivity contribution is -0.123. The molecule has 1 unspecified atom stereocenters. The Kier molecular flexibility index (Phi) is 4.44. The number of anilines is 2. The normalized spacial score (nSPS) is 20.6. The highest BCUT2D eigenvalue weighted by Crippen LogP contribution is 2.29. The van der Waals surface area contributed by atoms with E-state index in [1.807, 2.05) is 42.1 Å². The lowest BCUT2D eigenvalue weighted by atomic mass is 10.1. The molecule has 4 rings (SSSR count). The van der Waals surface area contributed by atoms with E-state index in [-0.39, 0.29) is 30.9 Å². The van der Waals surface area contributed by atoms with E-state index in [0.717, 1.165) is 31.1 Å². The number of nitrogens with one attached hydrogen (secondary N) is 2. The maximum absolute atomic E-state index is 13.0. The van der Waals surface area contributed by atoms with Crippen LogP contribution in [0.4, 0.5) is 11.4 Å². The predicted octanol–water partition coefficient (Wildman–Crippen LogP) is 0.352. The molecule has 136 valence electrons. The van der Waals surface area contributed by atoms with Gasteiger partial charge in [-0.25, -0.2) is 4.98 Å². The zero-order valence-corrected chi connectivity index (χ0v) is 14.7. The lowest BCUT2D eigenvalue weighted by Gasteiger charge is -2.37. The quantitative estimate of drug-likeness (QED) is 0.831. The van der Waals surface area contributed by atoms with E-state index in [9.17, 15) is 9.59 Å². The maximum Gasteiger partial charge on any atom is 0.244 e. The van der Waals surface area contributed by atoms with Crippen molar-refractivity contribution in [2.24, 2.45) is 7.05 Å². The number of amides is 2. The van der Waals surface area contributed by atoms with Crippen LogP contribution in [0, 0.1) is 0 Å². The molecule has 8 nitrogen and oxygen atoms in total. The first-order valence-corrected chi connectivity index (χ1v) is 8.74. The Morgan fingerprint density at radius 3 is 3.00 bits per heavy atom. The largest absolute Gasteiger partial charge is 0.337 e. The molecule has 2 N–H and O–H groups in total. The summed E-state index contributed by atoms with van der Waals surface area (Å²) in [6.45, 7) is 2.63. The molecule has 3 heterocycles. The summed E-state index contributed by atoms with van der Waals surface area (Å²) in [5.74, 6) is 0.688. The first-order chi connectivity index (χ1) is 12.6. The number of piperazine rings is 1. The number of fused-ring (bicyclic) bond motifs is 1. The number of benzene rings is 1. The van der Waals surface area contributed by atoms with Gasteiger partial charge in [-0.05, 0) is 12.1 Å². The van der Waals surface area contributed by atoms with Crippen LogP contribution < -0.4 is 15.5 Å². The SMILES string of the molecule is Cn1ccnc1C1CNCCN1CC(=O)N1CC(=O)Nc2ccccc21. The van der Waals surface area contributed by atoms with E-state index in [2.05, 4.69) is 20.5 Å². The van der Waals surface area contributed by atoms with Crippen LogP contribution in [0.25, 0.3) is 0 Å². The van der Waals surface area contributed by atoms with Gasteiger partial charge in [0, 0.05) is 39.1 Å². The number of carbonyl (C=O) groups excluding carboxylic acids is 2. The van der Waals surface area contributed by atoms with Gasteiger partial charge in [-0.2, -0.15) is 0 Å². The summed E-state index contributed by atoms with van der Waals surface area (Å²) < 4.78 is 1.98. The van der Waals surface area contributed by atoms with Crippen molar-refractivity contribution in [2.75, 3.05) is 42.9 Å². The standard InChI is InChI=1S/C18H22N6O2/c1-22-8-7-20-18(22)15-10-19-6-9-23(15)12-17(26)24-11-16(25)21-13-4-2-3-5-14(13)24/h2-5,7-8,15,19H,6,9-12H2,1H3,(H,21,25). The molecule has 2 aromatic rings. The van der Waals surface area contributed by atoms with E-state index in [4.69, 9.17) is 0 Å². The fraction of sp³-hybridized carbons (Fsp3) is 0.389. The monoisotopic (exact) mass is 354 g/mol. The van der Waals surface area contributed by atoms with Gasteiger partial charge in [0.25, 0.3) is 0 Å². The van der Waals surface area contributed by atoms with Crippen LogP contribution in [-0.4, -0.2) is 59.0 Å². The topological polar surface area (TPSA) is 82.5 Å². The Morgan fingerprint density at radius 2 is 2.19 bits per heavy atom. The van der Waals surface area contributed by atoms with Gasteiger partial charge < -0.3 is 15.2 Å². The van der Waals surface area contributed by atoms with Gasteiger partial charge in [-0.3, -0.25) is 19.4 Å². The summed E-state index contributed by atoms with van der Waals surface area (Å²) in [7, 11) is 1.96. The second kappa shape index (κ2) is 6.89. The molecule has 1 saturated heterocycles. The summed E-state index contributed by atoms with van der Waals surface area (Å²) >= 11 is 0. The average Bonchev–Trinajstić information content (AvgIpc) is 3.07. The summed E-state index contributed by atoms with van der Waals surface area (Å²) in [4.78, 5) is 33.2. The van der Waals surface area contributed by atoms with Crippen molar-refractivity contribution in [3.8, 4) is 0 Å². The predicted molar refractivity (Wildman–Crippen MR) is 97.8 cm³/mol. The van der Waals surface area contributed by atoms with Gasteiger partial charge in [0.05, 0.1) is 24.0 Å². The van der Waals surface area contributed by atoms with Crippen LogP contribution in [0.15, 0.2) is 36.7 Å². The number of hydrogen-bond donors (Lipinski definition) is 2.